The maximum atomic E-state index is 11.8. The molecule has 1 atom stereocenters. The van der Waals surface area contributed by atoms with E-state index in [1.165, 1.54) is 0 Å². The van der Waals surface area contributed by atoms with Gasteiger partial charge < -0.3 is 10.6 Å². The highest BCUT2D eigenvalue weighted by Gasteiger charge is 2.18. The van der Waals surface area contributed by atoms with Gasteiger partial charge in [0.05, 0.1) is 6.20 Å². The second-order valence-corrected chi connectivity index (χ2v) is 4.35. The number of aromatic nitrogens is 2. The Hall–Kier alpha value is -1.36. The molecule has 1 amide bonds. The molecule has 1 aromatic rings. The summed E-state index contributed by atoms with van der Waals surface area (Å²) in [5.41, 5.74) is 6.70. The molecule has 0 aromatic carbocycles. The Bertz CT molecular complexity index is 366. The lowest BCUT2D eigenvalue weighted by molar-refractivity contribution is -0.130. The molecule has 5 heteroatoms. The van der Waals surface area contributed by atoms with Gasteiger partial charge >= 0.3 is 0 Å². The lowest BCUT2D eigenvalue weighted by atomic mass is 10.2. The number of rotatable bonds is 3. The molecule has 1 aliphatic heterocycles. The van der Waals surface area contributed by atoms with Crippen LogP contribution in [0.3, 0.4) is 0 Å². The number of hydrogen-bond acceptors (Lipinski definition) is 3. The maximum absolute atomic E-state index is 11.8. The molecule has 16 heavy (non-hydrogen) atoms. The Kier molecular flexibility index (Phi) is 3.24. The number of carbonyl (C=O) groups excluding carboxylic acids is 1. The van der Waals surface area contributed by atoms with Gasteiger partial charge in [-0.05, 0) is 19.8 Å². The average molecular weight is 222 g/mol. The van der Waals surface area contributed by atoms with Crippen molar-refractivity contribution in [3.8, 4) is 0 Å². The summed E-state index contributed by atoms with van der Waals surface area (Å²) in [5.74, 6) is 0.150. The van der Waals surface area contributed by atoms with Crippen molar-refractivity contribution in [2.45, 2.75) is 32.4 Å². The molecule has 2 N–H and O–H groups in total. The fourth-order valence-corrected chi connectivity index (χ4v) is 1.91. The van der Waals surface area contributed by atoms with Gasteiger partial charge in [0.2, 0.25) is 5.91 Å². The summed E-state index contributed by atoms with van der Waals surface area (Å²) < 4.78 is 1.67. The lowest BCUT2D eigenvalue weighted by Crippen LogP contribution is -2.31. The van der Waals surface area contributed by atoms with Gasteiger partial charge in [0, 0.05) is 30.9 Å². The standard InChI is InChI=1S/C11H18N4O/c1-9(12)10-6-13-15(7-10)8-11(16)14-4-2-3-5-14/h6-7,9H,2-5,8,12H2,1H3. The third-order valence-electron chi connectivity index (χ3n) is 2.94. The fourth-order valence-electron chi connectivity index (χ4n) is 1.91. The molecule has 0 aliphatic carbocycles. The van der Waals surface area contributed by atoms with E-state index < -0.39 is 0 Å². The Labute approximate surface area is 95.2 Å². The van der Waals surface area contributed by atoms with Crippen molar-refractivity contribution in [3.05, 3.63) is 18.0 Å². The summed E-state index contributed by atoms with van der Waals surface area (Å²) in [7, 11) is 0. The predicted octanol–water partition coefficient (Wildman–Crippen LogP) is 0.525. The van der Waals surface area contributed by atoms with E-state index in [-0.39, 0.29) is 11.9 Å². The summed E-state index contributed by atoms with van der Waals surface area (Å²) in [4.78, 5) is 13.7. The zero-order valence-electron chi connectivity index (χ0n) is 9.59. The van der Waals surface area contributed by atoms with E-state index in [1.54, 1.807) is 10.9 Å². The highest BCUT2D eigenvalue weighted by atomic mass is 16.2. The van der Waals surface area contributed by atoms with Gasteiger partial charge in [-0.3, -0.25) is 9.48 Å². The van der Waals surface area contributed by atoms with Crippen molar-refractivity contribution < 1.29 is 4.79 Å². The Morgan fingerprint density at radius 3 is 2.81 bits per heavy atom. The average Bonchev–Trinajstić information content (AvgIpc) is 2.87. The van der Waals surface area contributed by atoms with Crippen LogP contribution in [0.2, 0.25) is 0 Å². The monoisotopic (exact) mass is 222 g/mol. The Morgan fingerprint density at radius 2 is 2.25 bits per heavy atom. The number of nitrogens with zero attached hydrogens (tertiary/aromatic N) is 3. The van der Waals surface area contributed by atoms with E-state index >= 15 is 0 Å². The number of carbonyl (C=O) groups is 1. The smallest absolute Gasteiger partial charge is 0.244 e. The van der Waals surface area contributed by atoms with Crippen molar-refractivity contribution in [3.63, 3.8) is 0 Å². The van der Waals surface area contributed by atoms with E-state index in [0.29, 0.717) is 6.54 Å². The molecule has 2 heterocycles. The number of nitrogens with two attached hydrogens (primary N) is 1. The number of hydrogen-bond donors (Lipinski definition) is 1. The molecule has 0 radical (unpaired) electrons. The molecule has 88 valence electrons. The third-order valence-corrected chi connectivity index (χ3v) is 2.94. The van der Waals surface area contributed by atoms with Crippen LogP contribution in [0.15, 0.2) is 12.4 Å². The SMILES string of the molecule is CC(N)c1cnn(CC(=O)N2CCCC2)c1. The predicted molar refractivity (Wildman–Crippen MR) is 60.6 cm³/mol. The minimum absolute atomic E-state index is 0.0318. The summed E-state index contributed by atoms with van der Waals surface area (Å²) in [6, 6.07) is -0.0318. The lowest BCUT2D eigenvalue weighted by Gasteiger charge is -2.14. The van der Waals surface area contributed by atoms with E-state index in [0.717, 1.165) is 31.5 Å². The molecule has 5 nitrogen and oxygen atoms in total. The van der Waals surface area contributed by atoms with Gasteiger partial charge in [-0.1, -0.05) is 0 Å². The normalized spacial score (nSPS) is 17.8. The molecule has 1 unspecified atom stereocenters. The largest absolute Gasteiger partial charge is 0.341 e. The van der Waals surface area contributed by atoms with Crippen LogP contribution in [0.4, 0.5) is 0 Å². The van der Waals surface area contributed by atoms with Crippen molar-refractivity contribution in [1.29, 1.82) is 0 Å². The van der Waals surface area contributed by atoms with Crippen LogP contribution in [-0.2, 0) is 11.3 Å². The molecule has 1 aliphatic rings. The molecule has 0 spiro atoms. The van der Waals surface area contributed by atoms with E-state index in [4.69, 9.17) is 5.73 Å². The molecule has 1 fully saturated rings. The first-order valence-corrected chi connectivity index (χ1v) is 5.72. The van der Waals surface area contributed by atoms with E-state index in [9.17, 15) is 4.79 Å². The number of likely N-dealkylation sites (tertiary alicyclic amines) is 1. The quantitative estimate of drug-likeness (QED) is 0.811. The topological polar surface area (TPSA) is 64.1 Å². The molecule has 1 saturated heterocycles. The van der Waals surface area contributed by atoms with E-state index in [2.05, 4.69) is 5.10 Å². The first-order chi connectivity index (χ1) is 7.66. The van der Waals surface area contributed by atoms with Crippen LogP contribution in [0, 0.1) is 0 Å². The van der Waals surface area contributed by atoms with Crippen LogP contribution in [0.5, 0.6) is 0 Å². The molecular formula is C11H18N4O. The van der Waals surface area contributed by atoms with Crippen LogP contribution in [0.25, 0.3) is 0 Å². The second-order valence-electron chi connectivity index (χ2n) is 4.35. The van der Waals surface area contributed by atoms with Gasteiger partial charge in [-0.15, -0.1) is 0 Å². The molecule has 2 rings (SSSR count). The van der Waals surface area contributed by atoms with Crippen molar-refractivity contribution in [1.82, 2.24) is 14.7 Å². The van der Waals surface area contributed by atoms with Crippen molar-refractivity contribution in [2.24, 2.45) is 5.73 Å². The van der Waals surface area contributed by atoms with Gasteiger partial charge in [0.1, 0.15) is 6.54 Å². The zero-order valence-corrected chi connectivity index (χ0v) is 9.59. The molecular weight excluding hydrogens is 204 g/mol. The van der Waals surface area contributed by atoms with E-state index in [1.807, 2.05) is 18.0 Å². The summed E-state index contributed by atoms with van der Waals surface area (Å²) in [6.07, 6.45) is 5.81. The van der Waals surface area contributed by atoms with Crippen molar-refractivity contribution in [2.75, 3.05) is 13.1 Å². The zero-order chi connectivity index (χ0) is 11.5. The minimum atomic E-state index is -0.0318. The summed E-state index contributed by atoms with van der Waals surface area (Å²) in [5, 5.41) is 4.14. The van der Waals surface area contributed by atoms with Crippen LogP contribution in [-0.4, -0.2) is 33.7 Å². The van der Waals surface area contributed by atoms with Gasteiger partial charge in [-0.25, -0.2) is 0 Å². The van der Waals surface area contributed by atoms with Crippen LogP contribution in [0.1, 0.15) is 31.4 Å². The highest BCUT2D eigenvalue weighted by molar-refractivity contribution is 5.76. The number of amides is 1. The van der Waals surface area contributed by atoms with Gasteiger partial charge in [-0.2, -0.15) is 5.10 Å². The minimum Gasteiger partial charge on any atom is -0.341 e. The Balaban J connectivity index is 1.95. The summed E-state index contributed by atoms with van der Waals surface area (Å²) in [6.45, 7) is 4.01. The summed E-state index contributed by atoms with van der Waals surface area (Å²) >= 11 is 0. The Morgan fingerprint density at radius 1 is 1.56 bits per heavy atom. The first-order valence-electron chi connectivity index (χ1n) is 5.72. The maximum Gasteiger partial charge on any atom is 0.244 e. The van der Waals surface area contributed by atoms with Crippen molar-refractivity contribution >= 4 is 5.91 Å². The molecule has 0 saturated carbocycles. The van der Waals surface area contributed by atoms with Gasteiger partial charge in [0.25, 0.3) is 0 Å². The molecule has 1 aromatic heterocycles. The van der Waals surface area contributed by atoms with Gasteiger partial charge in [0.15, 0.2) is 0 Å². The highest BCUT2D eigenvalue weighted by Crippen LogP contribution is 2.10. The fraction of sp³-hybridized carbons (Fsp3) is 0.636. The third kappa shape index (κ3) is 2.41. The second kappa shape index (κ2) is 4.65. The molecule has 0 bridgehead atoms. The van der Waals surface area contributed by atoms with Crippen LogP contribution >= 0.6 is 0 Å². The van der Waals surface area contributed by atoms with Crippen LogP contribution < -0.4 is 5.73 Å². The first kappa shape index (κ1) is 11.1.